The Morgan fingerprint density at radius 2 is 2.20 bits per heavy atom. The van der Waals surface area contributed by atoms with Crippen molar-refractivity contribution in [3.05, 3.63) is 23.3 Å². The molecule has 4 atom stereocenters. The van der Waals surface area contributed by atoms with Crippen LogP contribution in [0.4, 0.5) is 0 Å². The van der Waals surface area contributed by atoms with Gasteiger partial charge in [0, 0.05) is 18.0 Å². The molecule has 2 fully saturated rings. The largest absolute Gasteiger partial charge is 0.504 e. The molecule has 1 aliphatic carbocycles. The average Bonchev–Trinajstić information content (AvgIpc) is 2.71. The van der Waals surface area contributed by atoms with Crippen molar-refractivity contribution < 1.29 is 14.9 Å². The molecule has 1 aromatic carbocycles. The van der Waals surface area contributed by atoms with Gasteiger partial charge in [-0.25, -0.2) is 0 Å². The minimum Gasteiger partial charge on any atom is -0.504 e. The third-order valence-corrected chi connectivity index (χ3v) is 5.66. The van der Waals surface area contributed by atoms with Gasteiger partial charge >= 0.3 is 0 Å². The van der Waals surface area contributed by atoms with Gasteiger partial charge < -0.3 is 14.9 Å². The second kappa shape index (κ2) is 4.12. The fourth-order valence-corrected chi connectivity index (χ4v) is 4.71. The molecule has 2 heterocycles. The molecule has 1 saturated carbocycles. The first-order valence-corrected chi connectivity index (χ1v) is 7.46. The van der Waals surface area contributed by atoms with Gasteiger partial charge in [-0.3, -0.25) is 4.90 Å². The van der Waals surface area contributed by atoms with Crippen LogP contribution in [0.3, 0.4) is 0 Å². The second-order valence-electron chi connectivity index (χ2n) is 6.50. The van der Waals surface area contributed by atoms with Gasteiger partial charge in [0.25, 0.3) is 0 Å². The highest BCUT2D eigenvalue weighted by molar-refractivity contribution is 5.52. The molecule has 3 aliphatic rings. The Morgan fingerprint density at radius 3 is 3.00 bits per heavy atom. The van der Waals surface area contributed by atoms with Crippen LogP contribution in [0.15, 0.2) is 12.1 Å². The van der Waals surface area contributed by atoms with E-state index in [0.29, 0.717) is 11.8 Å². The van der Waals surface area contributed by atoms with Crippen molar-refractivity contribution in [2.75, 3.05) is 13.7 Å². The first-order chi connectivity index (χ1) is 9.64. The molecule has 0 amide bonds. The number of aliphatic hydroxyl groups is 1. The number of rotatable bonds is 1. The zero-order chi connectivity index (χ0) is 13.9. The molecule has 0 radical (unpaired) electrons. The smallest absolute Gasteiger partial charge is 0.160 e. The van der Waals surface area contributed by atoms with E-state index in [0.717, 1.165) is 38.8 Å². The number of benzene rings is 1. The molecule has 0 aromatic heterocycles. The van der Waals surface area contributed by atoms with Crippen molar-refractivity contribution in [2.24, 2.45) is 0 Å². The quantitative estimate of drug-likeness (QED) is 0.820. The van der Waals surface area contributed by atoms with Gasteiger partial charge in [-0.15, -0.1) is 0 Å². The van der Waals surface area contributed by atoms with Crippen LogP contribution in [0.2, 0.25) is 0 Å². The first-order valence-electron chi connectivity index (χ1n) is 7.46. The van der Waals surface area contributed by atoms with E-state index >= 15 is 0 Å². The van der Waals surface area contributed by atoms with E-state index in [-0.39, 0.29) is 17.3 Å². The lowest BCUT2D eigenvalue weighted by Crippen LogP contribution is -2.51. The van der Waals surface area contributed by atoms with Gasteiger partial charge in [-0.05, 0) is 55.5 Å². The van der Waals surface area contributed by atoms with Crippen LogP contribution >= 0.6 is 0 Å². The molecule has 2 N–H and O–H groups in total. The molecule has 1 unspecified atom stereocenters. The molecule has 20 heavy (non-hydrogen) atoms. The van der Waals surface area contributed by atoms with Crippen molar-refractivity contribution in [1.29, 1.82) is 0 Å². The van der Waals surface area contributed by atoms with Crippen LogP contribution in [0.25, 0.3) is 0 Å². The molecule has 4 heteroatoms. The van der Waals surface area contributed by atoms with Crippen LogP contribution in [-0.2, 0) is 12.0 Å². The van der Waals surface area contributed by atoms with Crippen molar-refractivity contribution in [1.82, 2.24) is 4.90 Å². The number of hydrogen-bond donors (Lipinski definition) is 2. The zero-order valence-corrected chi connectivity index (χ0v) is 11.8. The number of fused-ring (bicyclic) bond motifs is 1. The van der Waals surface area contributed by atoms with Gasteiger partial charge in [-0.2, -0.15) is 0 Å². The number of aromatic hydroxyl groups is 1. The highest BCUT2D eigenvalue weighted by atomic mass is 16.5. The normalized spacial score (nSPS) is 38.2. The van der Waals surface area contributed by atoms with Crippen molar-refractivity contribution in [3.8, 4) is 11.5 Å². The molecule has 2 aliphatic heterocycles. The number of aliphatic hydroxyl groups excluding tert-OH is 1. The lowest BCUT2D eigenvalue weighted by Gasteiger charge is -2.48. The topological polar surface area (TPSA) is 52.9 Å². The fourth-order valence-electron chi connectivity index (χ4n) is 4.71. The highest BCUT2D eigenvalue weighted by Gasteiger charge is 2.54. The standard InChI is InChI=1S/C16H21NO3/c1-20-14-8-12-10(6-13(14)19)9-17-5-4-16(12)3-2-11(18)7-15(16)17/h6,8,11,15,18-19H,2-5,7,9H2,1H3/t11-,15-,16-/m0/s1. The summed E-state index contributed by atoms with van der Waals surface area (Å²) in [6, 6.07) is 4.36. The minimum absolute atomic E-state index is 0.158. The second-order valence-corrected chi connectivity index (χ2v) is 6.50. The van der Waals surface area contributed by atoms with E-state index in [1.807, 2.05) is 12.1 Å². The summed E-state index contributed by atoms with van der Waals surface area (Å²) in [5, 5.41) is 20.0. The van der Waals surface area contributed by atoms with Crippen LogP contribution in [-0.4, -0.2) is 40.9 Å². The summed E-state index contributed by atoms with van der Waals surface area (Å²) in [7, 11) is 1.60. The van der Waals surface area contributed by atoms with Crippen molar-refractivity contribution in [3.63, 3.8) is 0 Å². The van der Waals surface area contributed by atoms with Gasteiger partial charge in [0.1, 0.15) is 0 Å². The Morgan fingerprint density at radius 1 is 1.35 bits per heavy atom. The van der Waals surface area contributed by atoms with Crippen molar-refractivity contribution in [2.45, 2.75) is 49.8 Å². The molecular weight excluding hydrogens is 254 g/mol. The first kappa shape index (κ1) is 12.5. The summed E-state index contributed by atoms with van der Waals surface area (Å²) in [4.78, 5) is 2.48. The number of phenols is 1. The maximum absolute atomic E-state index is 10.0. The molecule has 1 saturated heterocycles. The van der Waals surface area contributed by atoms with Gasteiger partial charge in [-0.1, -0.05) is 0 Å². The Bertz CT molecular complexity index is 559. The summed E-state index contributed by atoms with van der Waals surface area (Å²) in [6.45, 7) is 1.97. The summed E-state index contributed by atoms with van der Waals surface area (Å²) in [5.41, 5.74) is 2.74. The predicted octanol–water partition coefficient (Wildman–Crippen LogP) is 1.77. The molecule has 4 nitrogen and oxygen atoms in total. The summed E-state index contributed by atoms with van der Waals surface area (Å²) < 4.78 is 5.30. The number of nitrogens with zero attached hydrogens (tertiary/aromatic N) is 1. The van der Waals surface area contributed by atoms with E-state index in [9.17, 15) is 10.2 Å². The van der Waals surface area contributed by atoms with E-state index < -0.39 is 0 Å². The Hall–Kier alpha value is -1.26. The van der Waals surface area contributed by atoms with Crippen LogP contribution in [0, 0.1) is 0 Å². The van der Waals surface area contributed by atoms with Gasteiger partial charge in [0.05, 0.1) is 13.2 Å². The molecule has 2 bridgehead atoms. The van der Waals surface area contributed by atoms with Crippen LogP contribution in [0.5, 0.6) is 11.5 Å². The Labute approximate surface area is 119 Å². The monoisotopic (exact) mass is 275 g/mol. The molecular formula is C16H21NO3. The zero-order valence-electron chi connectivity index (χ0n) is 11.8. The minimum atomic E-state index is -0.158. The van der Waals surface area contributed by atoms with Gasteiger partial charge in [0.15, 0.2) is 11.5 Å². The Kier molecular flexibility index (Phi) is 2.57. The summed E-state index contributed by atoms with van der Waals surface area (Å²) in [6.07, 6.45) is 3.80. The maximum Gasteiger partial charge on any atom is 0.160 e. The third-order valence-electron chi connectivity index (χ3n) is 5.66. The Balaban J connectivity index is 1.87. The SMILES string of the molecule is COc1cc2c(cc1O)CN1CC[C@@]23CC[C@H](O)C[C@H]13. The predicted molar refractivity (Wildman–Crippen MR) is 75.0 cm³/mol. The summed E-state index contributed by atoms with van der Waals surface area (Å²) >= 11 is 0. The maximum atomic E-state index is 10.0. The number of phenolic OH excluding ortho intramolecular Hbond substituents is 1. The fraction of sp³-hybridized carbons (Fsp3) is 0.625. The average molecular weight is 275 g/mol. The van der Waals surface area contributed by atoms with Gasteiger partial charge in [0.2, 0.25) is 0 Å². The number of ether oxygens (including phenoxy) is 1. The molecule has 0 spiro atoms. The molecule has 1 aromatic rings. The lowest BCUT2D eigenvalue weighted by atomic mass is 9.63. The van der Waals surface area contributed by atoms with E-state index in [1.165, 1.54) is 11.1 Å². The van der Waals surface area contributed by atoms with E-state index in [4.69, 9.17) is 4.74 Å². The van der Waals surface area contributed by atoms with Crippen molar-refractivity contribution >= 4 is 0 Å². The van der Waals surface area contributed by atoms with Crippen LogP contribution in [0.1, 0.15) is 36.8 Å². The lowest BCUT2D eigenvalue weighted by molar-refractivity contribution is 0.0383. The van der Waals surface area contributed by atoms with E-state index in [1.54, 1.807) is 7.11 Å². The molecule has 4 rings (SSSR count). The number of hydrogen-bond acceptors (Lipinski definition) is 4. The summed E-state index contributed by atoms with van der Waals surface area (Å²) in [5.74, 6) is 0.806. The number of methoxy groups -OCH3 is 1. The van der Waals surface area contributed by atoms with E-state index in [2.05, 4.69) is 4.90 Å². The van der Waals surface area contributed by atoms with Crippen LogP contribution < -0.4 is 4.74 Å². The highest BCUT2D eigenvalue weighted by Crippen LogP contribution is 2.54. The third kappa shape index (κ3) is 1.49. The molecule has 108 valence electrons.